The van der Waals surface area contributed by atoms with Crippen molar-refractivity contribution in [2.75, 3.05) is 6.61 Å². The van der Waals surface area contributed by atoms with Crippen LogP contribution in [0.5, 0.6) is 5.75 Å². The molecule has 26 heavy (non-hydrogen) atoms. The zero-order chi connectivity index (χ0) is 17.3. The van der Waals surface area contributed by atoms with E-state index in [2.05, 4.69) is 0 Å². The van der Waals surface area contributed by atoms with Crippen LogP contribution in [0.25, 0.3) is 20.5 Å². The van der Waals surface area contributed by atoms with Gasteiger partial charge in [-0.05, 0) is 34.7 Å². The second-order valence-electron chi connectivity index (χ2n) is 4.89. The number of ether oxygens (including phenoxy) is 1. The molecule has 0 aliphatic carbocycles. The van der Waals surface area contributed by atoms with E-state index in [0.29, 0.717) is 10.1 Å². The number of fused-ring (bicyclic) bond motifs is 1. The van der Waals surface area contributed by atoms with Gasteiger partial charge in [-0.15, -0.1) is 22.7 Å². The van der Waals surface area contributed by atoms with Gasteiger partial charge < -0.3 is 20.1 Å². The van der Waals surface area contributed by atoms with Crippen molar-refractivity contribution in [3.63, 3.8) is 0 Å². The molecule has 2 aromatic heterocycles. The molecule has 0 aliphatic rings. The number of carbonyl (C=O) groups is 2. The van der Waals surface area contributed by atoms with Gasteiger partial charge in [0.2, 0.25) is 0 Å². The van der Waals surface area contributed by atoms with Crippen LogP contribution in [0.4, 0.5) is 0 Å². The number of hydrogen-bond acceptors (Lipinski definition) is 6. The van der Waals surface area contributed by atoms with E-state index in [1.165, 1.54) is 11.3 Å². The number of carboxylic acids is 2. The molecule has 1 aromatic carbocycles. The molecule has 0 saturated carbocycles. The topological polar surface area (TPSA) is 104 Å². The van der Waals surface area contributed by atoms with Crippen molar-refractivity contribution >= 4 is 53.1 Å². The van der Waals surface area contributed by atoms with Crippen LogP contribution in [0.3, 0.4) is 0 Å². The van der Waals surface area contributed by atoms with Gasteiger partial charge in [0.15, 0.2) is 17.2 Å². The smallest absolute Gasteiger partial charge is 0.479 e. The molecule has 6 nitrogen and oxygen atoms in total. The molecule has 3 aromatic rings. The van der Waals surface area contributed by atoms with Crippen LogP contribution in [0.1, 0.15) is 15.2 Å². The third kappa shape index (κ3) is 4.48. The molecule has 0 fully saturated rings. The van der Waals surface area contributed by atoms with E-state index in [-0.39, 0.29) is 55.2 Å². The Morgan fingerprint density at radius 1 is 1.15 bits per heavy atom. The molecule has 3 N–H and O–H groups in total. The number of hydrogen-bond donors (Lipinski definition) is 3. The minimum atomic E-state index is -1.17. The normalized spacial score (nSPS) is 10.0. The second-order valence-corrected chi connectivity index (χ2v) is 6.86. The van der Waals surface area contributed by atoms with Gasteiger partial charge in [-0.3, -0.25) is 0 Å². The summed E-state index contributed by atoms with van der Waals surface area (Å²) in [5, 5.41) is 29.9. The third-order valence-electron chi connectivity index (χ3n) is 3.36. The molecular weight excluding hydrogens is 386 g/mol. The zero-order valence-corrected chi connectivity index (χ0v) is 16.8. The molecule has 0 aliphatic heterocycles. The van der Waals surface area contributed by atoms with Crippen molar-refractivity contribution < 1.29 is 59.2 Å². The number of thiophene rings is 2. The summed E-state index contributed by atoms with van der Waals surface area (Å²) in [5.74, 6) is -2.26. The van der Waals surface area contributed by atoms with Crippen LogP contribution in [-0.4, -0.2) is 42.3 Å². The molecule has 0 radical (unpaired) electrons. The molecule has 0 amide bonds. The fourth-order valence-electron chi connectivity index (χ4n) is 2.35. The Morgan fingerprint density at radius 2 is 1.88 bits per heavy atom. The van der Waals surface area contributed by atoms with Crippen molar-refractivity contribution in [2.45, 2.75) is 6.61 Å². The van der Waals surface area contributed by atoms with E-state index in [4.69, 9.17) is 9.84 Å². The van der Waals surface area contributed by atoms with Gasteiger partial charge in [0.05, 0.1) is 6.61 Å². The summed E-state index contributed by atoms with van der Waals surface area (Å²) in [6.45, 7) is -0.678. The van der Waals surface area contributed by atoms with E-state index < -0.39 is 18.5 Å². The predicted molar refractivity (Wildman–Crippen MR) is 102 cm³/mol. The largest absolute Gasteiger partial charge is 1.00 e. The van der Waals surface area contributed by atoms with Crippen molar-refractivity contribution in [1.82, 2.24) is 0 Å². The SMILES string of the molecule is O=C(O)COc1c(C(=O)O)sc2cc(-c3sccc3CO)ccc12.[BH4-].[Na+]. The van der Waals surface area contributed by atoms with Crippen LogP contribution in [0.15, 0.2) is 29.6 Å². The van der Waals surface area contributed by atoms with E-state index in [9.17, 15) is 19.8 Å². The first kappa shape index (κ1) is 22.7. The van der Waals surface area contributed by atoms with Crippen molar-refractivity contribution in [1.29, 1.82) is 0 Å². The maximum Gasteiger partial charge on any atom is 1.00 e. The average molecular weight is 402 g/mol. The van der Waals surface area contributed by atoms with E-state index in [1.54, 1.807) is 12.1 Å². The monoisotopic (exact) mass is 402 g/mol. The maximum atomic E-state index is 11.4. The first-order chi connectivity index (χ1) is 11.5. The Hall–Kier alpha value is -1.36. The summed E-state index contributed by atoms with van der Waals surface area (Å²) >= 11 is 2.52. The Morgan fingerprint density at radius 3 is 2.50 bits per heavy atom. The molecule has 0 bridgehead atoms. The van der Waals surface area contributed by atoms with Gasteiger partial charge in [-0.2, -0.15) is 0 Å². The number of rotatable bonds is 6. The fourth-order valence-corrected chi connectivity index (χ4v) is 4.29. The number of benzene rings is 1. The van der Waals surface area contributed by atoms with Gasteiger partial charge in [0.25, 0.3) is 0 Å². The van der Waals surface area contributed by atoms with Gasteiger partial charge >= 0.3 is 41.5 Å². The molecular formula is C16H16BNaO6S2. The molecule has 3 rings (SSSR count). The maximum absolute atomic E-state index is 11.4. The van der Waals surface area contributed by atoms with Gasteiger partial charge in [0.1, 0.15) is 0 Å². The summed E-state index contributed by atoms with van der Waals surface area (Å²) in [5.41, 5.74) is 1.67. The molecule has 0 spiro atoms. The fraction of sp³-hybridized carbons (Fsp3) is 0.125. The van der Waals surface area contributed by atoms with E-state index in [1.807, 2.05) is 17.5 Å². The van der Waals surface area contributed by atoms with Gasteiger partial charge in [-0.25, -0.2) is 9.59 Å². The first-order valence-corrected chi connectivity index (χ1v) is 8.53. The predicted octanol–water partition coefficient (Wildman–Crippen LogP) is -1.16. The Labute approximate surface area is 180 Å². The second kappa shape index (κ2) is 9.54. The molecule has 2 heterocycles. The molecule has 132 valence electrons. The third-order valence-corrected chi connectivity index (χ3v) is 5.49. The summed E-state index contributed by atoms with van der Waals surface area (Å²) in [6, 6.07) is 7.18. The Kier molecular flexibility index (Phi) is 8.33. The van der Waals surface area contributed by atoms with Crippen LogP contribution in [0.2, 0.25) is 0 Å². The Balaban J connectivity index is 0.00000169. The Bertz CT molecular complexity index is 936. The first-order valence-electron chi connectivity index (χ1n) is 6.83. The summed E-state index contributed by atoms with van der Waals surface area (Å²) in [7, 11) is 0. The van der Waals surface area contributed by atoms with Crippen molar-refractivity contribution in [3.8, 4) is 16.2 Å². The number of carboxylic acid groups (broad SMARTS) is 2. The summed E-state index contributed by atoms with van der Waals surface area (Å²) in [4.78, 5) is 23.0. The van der Waals surface area contributed by atoms with Crippen molar-refractivity contribution in [2.24, 2.45) is 0 Å². The minimum Gasteiger partial charge on any atom is -0.479 e. The standard InChI is InChI=1S/C16H12O6S2.BH4.Na/c17-6-9-3-4-23-14(9)8-1-2-10-11(5-8)24-15(16(20)21)13(10)22-7-12(18)19;;/h1-5,17H,6-7H2,(H,18,19)(H,20,21);1H4;/q;-1;+1. The minimum absolute atomic E-state index is 0. The molecule has 0 unspecified atom stereocenters. The summed E-state index contributed by atoms with van der Waals surface area (Å²) in [6.07, 6.45) is 0. The van der Waals surface area contributed by atoms with Gasteiger partial charge in [-0.1, -0.05) is 14.5 Å². The molecule has 10 heteroatoms. The number of aliphatic hydroxyl groups excluding tert-OH is 1. The van der Waals surface area contributed by atoms with Gasteiger partial charge in [0, 0.05) is 15.0 Å². The van der Waals surface area contributed by atoms with Crippen molar-refractivity contribution in [3.05, 3.63) is 40.1 Å². The van der Waals surface area contributed by atoms with E-state index in [0.717, 1.165) is 27.3 Å². The van der Waals surface area contributed by atoms with Crippen LogP contribution in [-0.2, 0) is 11.4 Å². The van der Waals surface area contributed by atoms with Crippen LogP contribution >= 0.6 is 22.7 Å². The number of aliphatic hydroxyl groups is 1. The summed E-state index contributed by atoms with van der Waals surface area (Å²) < 4.78 is 5.86. The van der Waals surface area contributed by atoms with Crippen LogP contribution in [0, 0.1) is 0 Å². The average Bonchev–Trinajstić information content (AvgIpc) is 3.16. The quantitative estimate of drug-likeness (QED) is 0.450. The van der Waals surface area contributed by atoms with E-state index >= 15 is 0 Å². The number of aliphatic carboxylic acids is 1. The molecule has 0 atom stereocenters. The molecule has 0 saturated heterocycles. The zero-order valence-electron chi connectivity index (χ0n) is 13.2. The van der Waals surface area contributed by atoms with Crippen LogP contribution < -0.4 is 34.3 Å². The number of aromatic carboxylic acids is 1.